The van der Waals surface area contributed by atoms with Crippen molar-refractivity contribution in [3.63, 3.8) is 0 Å². The summed E-state index contributed by atoms with van der Waals surface area (Å²) in [6, 6.07) is 0.287. The summed E-state index contributed by atoms with van der Waals surface area (Å²) in [7, 11) is 3.61. The summed E-state index contributed by atoms with van der Waals surface area (Å²) in [5, 5.41) is 7.75. The van der Waals surface area contributed by atoms with Crippen molar-refractivity contribution in [2.75, 3.05) is 7.05 Å². The maximum atomic E-state index is 12.1. The summed E-state index contributed by atoms with van der Waals surface area (Å²) in [5.74, 6) is 0. The van der Waals surface area contributed by atoms with Gasteiger partial charge in [0, 0.05) is 20.1 Å². The predicted molar refractivity (Wildman–Crippen MR) is 75.1 cm³/mol. The van der Waals surface area contributed by atoms with Crippen molar-refractivity contribution in [2.24, 2.45) is 7.05 Å². The van der Waals surface area contributed by atoms with Crippen LogP contribution in [0.2, 0.25) is 5.02 Å². The average Bonchev–Trinajstić information content (AvgIpc) is 2.71. The fourth-order valence-electron chi connectivity index (χ4n) is 2.44. The third kappa shape index (κ3) is 3.62. The summed E-state index contributed by atoms with van der Waals surface area (Å²) in [5.41, 5.74) is 0.850. The van der Waals surface area contributed by atoms with E-state index in [-0.39, 0.29) is 6.03 Å². The van der Waals surface area contributed by atoms with E-state index in [1.54, 1.807) is 22.8 Å². The molecule has 1 aromatic rings. The SMILES string of the molecule is CN(Cc1c(Cl)cnn1C)C(=O)NC1CCCCC1. The van der Waals surface area contributed by atoms with Crippen molar-refractivity contribution in [3.8, 4) is 0 Å². The van der Waals surface area contributed by atoms with Gasteiger partial charge in [-0.2, -0.15) is 5.10 Å². The Hall–Kier alpha value is -1.23. The lowest BCUT2D eigenvalue weighted by molar-refractivity contribution is 0.197. The van der Waals surface area contributed by atoms with E-state index in [0.29, 0.717) is 17.6 Å². The minimum atomic E-state index is -0.0378. The van der Waals surface area contributed by atoms with E-state index >= 15 is 0 Å². The van der Waals surface area contributed by atoms with E-state index < -0.39 is 0 Å². The Morgan fingerprint density at radius 2 is 2.21 bits per heavy atom. The van der Waals surface area contributed by atoms with E-state index in [4.69, 9.17) is 11.6 Å². The van der Waals surface area contributed by atoms with Crippen molar-refractivity contribution in [1.29, 1.82) is 0 Å². The van der Waals surface area contributed by atoms with Gasteiger partial charge in [-0.25, -0.2) is 4.79 Å². The maximum absolute atomic E-state index is 12.1. The lowest BCUT2D eigenvalue weighted by Gasteiger charge is -2.26. The summed E-state index contributed by atoms with van der Waals surface area (Å²) in [6.07, 6.45) is 7.49. The van der Waals surface area contributed by atoms with Crippen LogP contribution >= 0.6 is 11.6 Å². The van der Waals surface area contributed by atoms with Crippen LogP contribution in [0.4, 0.5) is 4.79 Å². The van der Waals surface area contributed by atoms with Crippen LogP contribution in [0, 0.1) is 0 Å². The van der Waals surface area contributed by atoms with Crippen molar-refractivity contribution in [1.82, 2.24) is 20.0 Å². The van der Waals surface area contributed by atoms with Crippen LogP contribution in [-0.2, 0) is 13.6 Å². The number of aromatic nitrogens is 2. The number of amides is 2. The number of hydrogen-bond donors (Lipinski definition) is 1. The molecule has 0 bridgehead atoms. The van der Waals surface area contributed by atoms with E-state index in [2.05, 4.69) is 10.4 Å². The van der Waals surface area contributed by atoms with Crippen LogP contribution in [0.3, 0.4) is 0 Å². The molecule has 1 saturated carbocycles. The molecule has 1 N–H and O–H groups in total. The number of hydrogen-bond acceptors (Lipinski definition) is 2. The van der Waals surface area contributed by atoms with Crippen LogP contribution in [0.25, 0.3) is 0 Å². The zero-order chi connectivity index (χ0) is 13.8. The Bertz CT molecular complexity index is 420. The Kier molecular flexibility index (Phi) is 4.69. The van der Waals surface area contributed by atoms with Gasteiger partial charge in [0.15, 0.2) is 0 Å². The molecule has 0 radical (unpaired) electrons. The highest BCUT2D eigenvalue weighted by Crippen LogP contribution is 2.18. The summed E-state index contributed by atoms with van der Waals surface area (Å²) < 4.78 is 1.70. The summed E-state index contributed by atoms with van der Waals surface area (Å²) in [4.78, 5) is 13.8. The number of rotatable bonds is 3. The lowest BCUT2D eigenvalue weighted by Crippen LogP contribution is -2.43. The molecule has 106 valence electrons. The van der Waals surface area contributed by atoms with Gasteiger partial charge in [-0.1, -0.05) is 30.9 Å². The molecule has 5 nitrogen and oxygen atoms in total. The monoisotopic (exact) mass is 284 g/mol. The molecular weight excluding hydrogens is 264 g/mol. The number of halogens is 1. The van der Waals surface area contributed by atoms with Gasteiger partial charge in [0.05, 0.1) is 23.5 Å². The van der Waals surface area contributed by atoms with Crippen LogP contribution in [0.1, 0.15) is 37.8 Å². The Labute approximate surface area is 118 Å². The first-order valence-corrected chi connectivity index (χ1v) is 7.13. The molecule has 0 unspecified atom stereocenters. The topological polar surface area (TPSA) is 50.2 Å². The molecule has 2 rings (SSSR count). The number of aryl methyl sites for hydroxylation is 1. The normalized spacial score (nSPS) is 16.4. The minimum Gasteiger partial charge on any atom is -0.335 e. The number of carbonyl (C=O) groups is 1. The van der Waals surface area contributed by atoms with Crippen LogP contribution in [0.15, 0.2) is 6.20 Å². The van der Waals surface area contributed by atoms with Gasteiger partial charge in [0.1, 0.15) is 0 Å². The highest BCUT2D eigenvalue weighted by Gasteiger charge is 2.19. The van der Waals surface area contributed by atoms with Gasteiger partial charge < -0.3 is 10.2 Å². The first-order valence-electron chi connectivity index (χ1n) is 6.76. The van der Waals surface area contributed by atoms with E-state index in [0.717, 1.165) is 18.5 Å². The third-order valence-electron chi connectivity index (χ3n) is 3.68. The van der Waals surface area contributed by atoms with Crippen molar-refractivity contribution in [2.45, 2.75) is 44.7 Å². The van der Waals surface area contributed by atoms with E-state index in [9.17, 15) is 4.79 Å². The molecule has 0 aliphatic heterocycles. The number of carbonyl (C=O) groups excluding carboxylic acids is 1. The molecule has 0 aromatic carbocycles. The molecule has 0 spiro atoms. The smallest absolute Gasteiger partial charge is 0.317 e. The molecule has 1 aliphatic rings. The molecule has 2 amide bonds. The summed E-state index contributed by atoms with van der Waals surface area (Å²) in [6.45, 7) is 0.466. The largest absolute Gasteiger partial charge is 0.335 e. The zero-order valence-corrected chi connectivity index (χ0v) is 12.3. The van der Waals surface area contributed by atoms with Gasteiger partial charge in [-0.15, -0.1) is 0 Å². The lowest BCUT2D eigenvalue weighted by atomic mass is 9.96. The second-order valence-corrected chi connectivity index (χ2v) is 5.61. The highest BCUT2D eigenvalue weighted by atomic mass is 35.5. The predicted octanol–water partition coefficient (Wildman–Crippen LogP) is 2.55. The maximum Gasteiger partial charge on any atom is 0.317 e. The van der Waals surface area contributed by atoms with Crippen LogP contribution < -0.4 is 5.32 Å². The van der Waals surface area contributed by atoms with Crippen LogP contribution in [0.5, 0.6) is 0 Å². The highest BCUT2D eigenvalue weighted by molar-refractivity contribution is 6.31. The molecule has 0 atom stereocenters. The number of nitrogens with one attached hydrogen (secondary N) is 1. The fourth-order valence-corrected chi connectivity index (χ4v) is 2.67. The Morgan fingerprint density at radius 3 is 2.79 bits per heavy atom. The van der Waals surface area contributed by atoms with Gasteiger partial charge >= 0.3 is 6.03 Å². The molecule has 1 aliphatic carbocycles. The summed E-state index contributed by atoms with van der Waals surface area (Å²) >= 11 is 6.04. The van der Waals surface area contributed by atoms with E-state index in [1.165, 1.54) is 19.3 Å². The van der Waals surface area contributed by atoms with Crippen LogP contribution in [-0.4, -0.2) is 33.8 Å². The van der Waals surface area contributed by atoms with Gasteiger partial charge in [0.2, 0.25) is 0 Å². The van der Waals surface area contributed by atoms with Crippen molar-refractivity contribution >= 4 is 17.6 Å². The third-order valence-corrected chi connectivity index (χ3v) is 3.99. The average molecular weight is 285 g/mol. The first-order chi connectivity index (χ1) is 9.08. The molecule has 1 heterocycles. The Balaban J connectivity index is 1.88. The first kappa shape index (κ1) is 14.2. The minimum absolute atomic E-state index is 0.0378. The Morgan fingerprint density at radius 1 is 1.53 bits per heavy atom. The van der Waals surface area contributed by atoms with Gasteiger partial charge in [-0.3, -0.25) is 4.68 Å². The van der Waals surface area contributed by atoms with Crippen molar-refractivity contribution < 1.29 is 4.79 Å². The fraction of sp³-hybridized carbons (Fsp3) is 0.692. The quantitative estimate of drug-likeness (QED) is 0.927. The number of nitrogens with zero attached hydrogens (tertiary/aromatic N) is 3. The van der Waals surface area contributed by atoms with Gasteiger partial charge in [0.25, 0.3) is 0 Å². The second kappa shape index (κ2) is 6.28. The molecule has 1 fully saturated rings. The molecular formula is C13H21ClN4O. The molecule has 0 saturated heterocycles. The molecule has 19 heavy (non-hydrogen) atoms. The standard InChI is InChI=1S/C13H21ClN4O/c1-17(9-12-11(14)8-15-18(12)2)13(19)16-10-6-4-3-5-7-10/h8,10H,3-7,9H2,1-2H3,(H,16,19). The van der Waals surface area contributed by atoms with E-state index in [1.807, 2.05) is 7.05 Å². The second-order valence-electron chi connectivity index (χ2n) is 5.20. The molecule has 6 heteroatoms. The van der Waals surface area contributed by atoms with Crippen molar-refractivity contribution in [3.05, 3.63) is 16.9 Å². The van der Waals surface area contributed by atoms with Gasteiger partial charge in [-0.05, 0) is 12.8 Å². The number of urea groups is 1. The molecule has 1 aromatic heterocycles. The zero-order valence-electron chi connectivity index (χ0n) is 11.5.